The summed E-state index contributed by atoms with van der Waals surface area (Å²) < 4.78 is 4.81. The maximum atomic E-state index is 12.5. The first-order chi connectivity index (χ1) is 12.2. The smallest absolute Gasteiger partial charge is 0.339 e. The number of ether oxygens (including phenoxy) is 1. The molecule has 0 bridgehead atoms. The Labute approximate surface area is 153 Å². The molecule has 0 fully saturated rings. The van der Waals surface area contributed by atoms with E-state index < -0.39 is 35.7 Å². The number of benzene rings is 1. The van der Waals surface area contributed by atoms with E-state index in [2.05, 4.69) is 5.32 Å². The van der Waals surface area contributed by atoms with E-state index in [9.17, 15) is 29.4 Å². The molecule has 0 saturated carbocycles. The van der Waals surface area contributed by atoms with Gasteiger partial charge in [0.25, 0.3) is 0 Å². The molecule has 1 aromatic rings. The average molecular weight is 382 g/mol. The molecule has 26 heavy (non-hydrogen) atoms. The van der Waals surface area contributed by atoms with Crippen molar-refractivity contribution in [1.82, 2.24) is 0 Å². The third-order valence-electron chi connectivity index (χ3n) is 3.88. The first kappa shape index (κ1) is 19.5. The summed E-state index contributed by atoms with van der Waals surface area (Å²) in [5.74, 6) is -5.68. The Balaban J connectivity index is 2.24. The van der Waals surface area contributed by atoms with Crippen molar-refractivity contribution < 1.29 is 34.1 Å². The van der Waals surface area contributed by atoms with Gasteiger partial charge in [-0.15, -0.1) is 0 Å². The first-order valence-electron chi connectivity index (χ1n) is 7.63. The molecule has 1 aliphatic carbocycles. The fraction of sp³-hybridized carbons (Fsp3) is 0.294. The van der Waals surface area contributed by atoms with Gasteiger partial charge < -0.3 is 20.3 Å². The molecule has 9 heteroatoms. The number of rotatable bonds is 5. The van der Waals surface area contributed by atoms with Crippen molar-refractivity contribution in [3.8, 4) is 5.75 Å². The van der Waals surface area contributed by atoms with Crippen molar-refractivity contribution in [2.45, 2.75) is 19.8 Å². The summed E-state index contributed by atoms with van der Waals surface area (Å²) in [6.45, 7) is 1.13. The van der Waals surface area contributed by atoms with E-state index in [0.29, 0.717) is 5.03 Å². The fourth-order valence-corrected chi connectivity index (χ4v) is 2.91. The van der Waals surface area contributed by atoms with Crippen molar-refractivity contribution >= 4 is 41.1 Å². The molecule has 0 unspecified atom stereocenters. The monoisotopic (exact) mass is 381 g/mol. The van der Waals surface area contributed by atoms with Gasteiger partial charge in [0.15, 0.2) is 0 Å². The number of halogens is 1. The van der Waals surface area contributed by atoms with Crippen LogP contribution in [0.4, 0.5) is 5.69 Å². The van der Waals surface area contributed by atoms with Crippen LogP contribution >= 0.6 is 11.6 Å². The summed E-state index contributed by atoms with van der Waals surface area (Å²) in [5, 5.41) is 21.4. The van der Waals surface area contributed by atoms with Crippen LogP contribution in [0.2, 0.25) is 0 Å². The molecule has 0 heterocycles. The van der Waals surface area contributed by atoms with Crippen LogP contribution in [0.15, 0.2) is 29.3 Å². The molecular formula is C17H16ClNO7. The Bertz CT molecular complexity index is 802. The van der Waals surface area contributed by atoms with Crippen LogP contribution in [-0.2, 0) is 14.4 Å². The highest BCUT2D eigenvalue weighted by atomic mass is 35.5. The largest absolute Gasteiger partial charge is 0.481 e. The van der Waals surface area contributed by atoms with Crippen LogP contribution in [0.25, 0.3) is 0 Å². The second-order valence-corrected chi connectivity index (χ2v) is 6.23. The third kappa shape index (κ3) is 4.60. The van der Waals surface area contributed by atoms with Gasteiger partial charge in [-0.3, -0.25) is 14.4 Å². The van der Waals surface area contributed by atoms with Gasteiger partial charge in [0, 0.05) is 17.6 Å². The highest BCUT2D eigenvalue weighted by molar-refractivity contribution is 6.29. The number of hydrogen-bond donors (Lipinski definition) is 3. The summed E-state index contributed by atoms with van der Waals surface area (Å²) in [5.41, 5.74) is -0.174. The number of aromatic carboxylic acids is 1. The van der Waals surface area contributed by atoms with Crippen molar-refractivity contribution in [3.05, 3.63) is 34.9 Å². The van der Waals surface area contributed by atoms with Crippen molar-refractivity contribution in [1.29, 1.82) is 0 Å². The van der Waals surface area contributed by atoms with Crippen molar-refractivity contribution in [2.24, 2.45) is 11.8 Å². The van der Waals surface area contributed by atoms with E-state index in [-0.39, 0.29) is 29.8 Å². The Morgan fingerprint density at radius 1 is 1.19 bits per heavy atom. The minimum absolute atomic E-state index is 0.0850. The predicted molar refractivity (Wildman–Crippen MR) is 91.1 cm³/mol. The van der Waals surface area contributed by atoms with Gasteiger partial charge in [0.2, 0.25) is 5.91 Å². The lowest BCUT2D eigenvalue weighted by Gasteiger charge is -2.26. The standard InChI is InChI=1S/C17H16ClNO7/c1-8(20)26-14-5-3-10(7-13(14)17(24)25)19-15(21)12-6-9(18)2-4-11(12)16(22)23/h2-3,5,7,11-12H,4,6H2,1H3,(H,19,21)(H,22,23)(H,24,25)/t11-,12-/m1/s1. The van der Waals surface area contributed by atoms with E-state index in [4.69, 9.17) is 16.3 Å². The number of amides is 1. The second kappa shape index (κ2) is 8.01. The SMILES string of the molecule is CC(=O)Oc1ccc(NC(=O)[C@@H]2CC(Cl)=CC[C@H]2C(=O)O)cc1C(=O)O. The van der Waals surface area contributed by atoms with Crippen LogP contribution in [0.5, 0.6) is 5.75 Å². The lowest BCUT2D eigenvalue weighted by atomic mass is 9.82. The van der Waals surface area contributed by atoms with E-state index in [1.807, 2.05) is 0 Å². The van der Waals surface area contributed by atoms with Crippen LogP contribution in [0.1, 0.15) is 30.1 Å². The molecule has 2 rings (SSSR count). The minimum Gasteiger partial charge on any atom is -0.481 e. The zero-order valence-corrected chi connectivity index (χ0v) is 14.4. The van der Waals surface area contributed by atoms with Gasteiger partial charge in [0.05, 0.1) is 11.8 Å². The number of carbonyl (C=O) groups is 4. The maximum Gasteiger partial charge on any atom is 0.339 e. The Kier molecular flexibility index (Phi) is 5.99. The Hall–Kier alpha value is -2.87. The van der Waals surface area contributed by atoms with Crippen LogP contribution < -0.4 is 10.1 Å². The zero-order valence-electron chi connectivity index (χ0n) is 13.7. The molecule has 0 saturated heterocycles. The third-order valence-corrected chi connectivity index (χ3v) is 4.19. The molecule has 8 nitrogen and oxygen atoms in total. The number of allylic oxidation sites excluding steroid dienone is 2. The molecule has 0 radical (unpaired) electrons. The molecule has 0 aliphatic heterocycles. The molecule has 1 aromatic carbocycles. The predicted octanol–water partition coefficient (Wildman–Crippen LogP) is 2.48. The number of esters is 1. The van der Waals surface area contributed by atoms with Gasteiger partial charge in [-0.2, -0.15) is 0 Å². The van der Waals surface area contributed by atoms with Crippen molar-refractivity contribution in [3.63, 3.8) is 0 Å². The first-order valence-corrected chi connectivity index (χ1v) is 8.00. The number of hydrogen-bond acceptors (Lipinski definition) is 5. The summed E-state index contributed by atoms with van der Waals surface area (Å²) in [4.78, 5) is 46.2. The molecular weight excluding hydrogens is 366 g/mol. The summed E-state index contributed by atoms with van der Waals surface area (Å²) in [7, 11) is 0. The molecule has 3 N–H and O–H groups in total. The molecule has 1 amide bonds. The number of nitrogens with one attached hydrogen (secondary N) is 1. The number of carboxylic acid groups (broad SMARTS) is 2. The lowest BCUT2D eigenvalue weighted by molar-refractivity contribution is -0.146. The molecule has 0 spiro atoms. The Morgan fingerprint density at radius 3 is 2.46 bits per heavy atom. The van der Waals surface area contributed by atoms with E-state index in [1.54, 1.807) is 6.08 Å². The molecule has 138 valence electrons. The van der Waals surface area contributed by atoms with Crippen LogP contribution in [0, 0.1) is 11.8 Å². The van der Waals surface area contributed by atoms with Crippen molar-refractivity contribution in [2.75, 3.05) is 5.32 Å². The molecule has 2 atom stereocenters. The van der Waals surface area contributed by atoms with Crippen LogP contribution in [0.3, 0.4) is 0 Å². The van der Waals surface area contributed by atoms with Gasteiger partial charge in [0.1, 0.15) is 11.3 Å². The average Bonchev–Trinajstić information content (AvgIpc) is 2.55. The highest BCUT2D eigenvalue weighted by Gasteiger charge is 2.36. The zero-order chi connectivity index (χ0) is 19.4. The summed E-state index contributed by atoms with van der Waals surface area (Å²) in [6, 6.07) is 3.73. The maximum absolute atomic E-state index is 12.5. The van der Waals surface area contributed by atoms with E-state index in [1.165, 1.54) is 12.1 Å². The quantitative estimate of drug-likeness (QED) is 0.527. The van der Waals surface area contributed by atoms with Gasteiger partial charge in [-0.05, 0) is 31.0 Å². The summed E-state index contributed by atoms with van der Waals surface area (Å²) in [6.07, 6.45) is 1.79. The molecule has 1 aliphatic rings. The Morgan fingerprint density at radius 2 is 1.88 bits per heavy atom. The van der Waals surface area contributed by atoms with E-state index >= 15 is 0 Å². The number of carboxylic acids is 2. The highest BCUT2D eigenvalue weighted by Crippen LogP contribution is 2.33. The van der Waals surface area contributed by atoms with Gasteiger partial charge in [-0.25, -0.2) is 4.79 Å². The normalized spacial score (nSPS) is 19.2. The minimum atomic E-state index is -1.34. The number of carbonyl (C=O) groups excluding carboxylic acids is 2. The summed E-state index contributed by atoms with van der Waals surface area (Å²) >= 11 is 5.93. The lowest BCUT2D eigenvalue weighted by Crippen LogP contribution is -2.35. The van der Waals surface area contributed by atoms with Gasteiger partial charge >= 0.3 is 17.9 Å². The second-order valence-electron chi connectivity index (χ2n) is 5.74. The number of aliphatic carboxylic acids is 1. The number of anilines is 1. The van der Waals surface area contributed by atoms with Crippen LogP contribution in [-0.4, -0.2) is 34.0 Å². The van der Waals surface area contributed by atoms with E-state index in [0.717, 1.165) is 13.0 Å². The van der Waals surface area contributed by atoms with Gasteiger partial charge in [-0.1, -0.05) is 17.7 Å². The fourth-order valence-electron chi connectivity index (χ4n) is 2.66. The molecule has 0 aromatic heterocycles. The topological polar surface area (TPSA) is 130 Å².